The van der Waals surface area contributed by atoms with Crippen molar-refractivity contribution in [3.8, 4) is 6.07 Å². The first-order chi connectivity index (χ1) is 15.7. The molecule has 0 saturated heterocycles. The summed E-state index contributed by atoms with van der Waals surface area (Å²) >= 11 is 0. The highest BCUT2D eigenvalue weighted by molar-refractivity contribution is 6.13. The Labute approximate surface area is 187 Å². The van der Waals surface area contributed by atoms with E-state index in [1.165, 1.54) is 0 Å². The van der Waals surface area contributed by atoms with Gasteiger partial charge in [-0.05, 0) is 72.0 Å². The maximum absolute atomic E-state index is 14.3. The number of fused-ring (bicyclic) bond motifs is 1. The summed E-state index contributed by atoms with van der Waals surface area (Å²) in [5.41, 5.74) is 4.60. The average molecular weight is 415 g/mol. The zero-order valence-electron chi connectivity index (χ0n) is 17.5. The van der Waals surface area contributed by atoms with Crippen LogP contribution >= 0.6 is 0 Å². The number of nitriles is 1. The molecule has 1 amide bonds. The van der Waals surface area contributed by atoms with Crippen molar-refractivity contribution in [2.45, 2.75) is 18.3 Å². The Bertz CT molecular complexity index is 1310. The lowest BCUT2D eigenvalue weighted by atomic mass is 9.72. The second-order valence-corrected chi connectivity index (χ2v) is 8.10. The standard InChI is InChI=1S/C28H21N3O/c29-20-23-8-6-7-22(17-23)19-28(18-21-13-15-30-16-14-21)25-11-4-5-12-26(25)31(27(28)32)24-9-2-1-3-10-24/h1-17H,18-19H2. The number of para-hydroxylation sites is 2. The summed E-state index contributed by atoms with van der Waals surface area (Å²) in [5, 5.41) is 9.39. The van der Waals surface area contributed by atoms with Crippen LogP contribution in [0.2, 0.25) is 0 Å². The molecule has 154 valence electrons. The minimum atomic E-state index is -0.790. The van der Waals surface area contributed by atoms with Crippen molar-refractivity contribution < 1.29 is 4.79 Å². The van der Waals surface area contributed by atoms with Crippen LogP contribution in [0.1, 0.15) is 22.3 Å². The van der Waals surface area contributed by atoms with Crippen molar-refractivity contribution in [1.82, 2.24) is 4.98 Å². The van der Waals surface area contributed by atoms with Crippen molar-refractivity contribution in [3.05, 3.63) is 126 Å². The van der Waals surface area contributed by atoms with E-state index in [0.717, 1.165) is 28.1 Å². The molecule has 1 atom stereocenters. The lowest BCUT2D eigenvalue weighted by Crippen LogP contribution is -2.42. The van der Waals surface area contributed by atoms with E-state index in [1.807, 2.05) is 83.8 Å². The highest BCUT2D eigenvalue weighted by Crippen LogP contribution is 2.48. The number of carbonyl (C=O) groups is 1. The number of benzene rings is 3. The van der Waals surface area contributed by atoms with Gasteiger partial charge in [-0.15, -0.1) is 0 Å². The van der Waals surface area contributed by atoms with Crippen molar-refractivity contribution >= 4 is 17.3 Å². The average Bonchev–Trinajstić information content (AvgIpc) is 3.08. The lowest BCUT2D eigenvalue weighted by molar-refractivity contribution is -0.122. The zero-order chi connectivity index (χ0) is 22.0. The van der Waals surface area contributed by atoms with Gasteiger partial charge in [0.05, 0.1) is 22.7 Å². The molecule has 4 heteroatoms. The number of hydrogen-bond acceptors (Lipinski definition) is 3. The number of anilines is 2. The highest BCUT2D eigenvalue weighted by Gasteiger charge is 2.51. The van der Waals surface area contributed by atoms with E-state index in [0.29, 0.717) is 18.4 Å². The molecule has 0 N–H and O–H groups in total. The quantitative estimate of drug-likeness (QED) is 0.441. The molecule has 1 aliphatic heterocycles. The third kappa shape index (κ3) is 3.34. The molecule has 3 aromatic carbocycles. The minimum Gasteiger partial charge on any atom is -0.280 e. The monoisotopic (exact) mass is 415 g/mol. The van der Waals surface area contributed by atoms with Gasteiger partial charge in [-0.25, -0.2) is 0 Å². The minimum absolute atomic E-state index is 0.0454. The Morgan fingerprint density at radius 2 is 1.53 bits per heavy atom. The predicted molar refractivity (Wildman–Crippen MR) is 125 cm³/mol. The normalized spacial score (nSPS) is 17.1. The zero-order valence-corrected chi connectivity index (χ0v) is 17.5. The Balaban J connectivity index is 1.70. The van der Waals surface area contributed by atoms with E-state index in [-0.39, 0.29) is 5.91 Å². The van der Waals surface area contributed by atoms with E-state index in [4.69, 9.17) is 0 Å². The van der Waals surface area contributed by atoms with Gasteiger partial charge in [-0.2, -0.15) is 5.26 Å². The third-order valence-electron chi connectivity index (χ3n) is 6.10. The molecular weight excluding hydrogens is 394 g/mol. The van der Waals surface area contributed by atoms with Gasteiger partial charge < -0.3 is 0 Å². The fourth-order valence-corrected chi connectivity index (χ4v) is 4.70. The molecule has 2 heterocycles. The van der Waals surface area contributed by atoms with Crippen LogP contribution in [0.25, 0.3) is 0 Å². The second kappa shape index (κ2) is 8.13. The molecule has 0 bridgehead atoms. The van der Waals surface area contributed by atoms with Gasteiger partial charge in [-0.3, -0.25) is 14.7 Å². The van der Waals surface area contributed by atoms with Crippen LogP contribution < -0.4 is 4.90 Å². The maximum atomic E-state index is 14.3. The fourth-order valence-electron chi connectivity index (χ4n) is 4.70. The molecule has 5 rings (SSSR count). The predicted octanol–water partition coefficient (Wildman–Crippen LogP) is 5.35. The van der Waals surface area contributed by atoms with Crippen LogP contribution in [-0.2, 0) is 23.1 Å². The van der Waals surface area contributed by atoms with E-state index < -0.39 is 5.41 Å². The van der Waals surface area contributed by atoms with Crippen molar-refractivity contribution in [1.29, 1.82) is 5.26 Å². The first kappa shape index (κ1) is 19.7. The van der Waals surface area contributed by atoms with Gasteiger partial charge in [0.15, 0.2) is 0 Å². The summed E-state index contributed by atoms with van der Waals surface area (Å²) in [6.45, 7) is 0. The summed E-state index contributed by atoms with van der Waals surface area (Å²) in [6, 6.07) is 31.5. The number of aromatic nitrogens is 1. The number of amides is 1. The van der Waals surface area contributed by atoms with Crippen molar-refractivity contribution in [2.24, 2.45) is 0 Å². The maximum Gasteiger partial charge on any atom is 0.242 e. The molecule has 4 nitrogen and oxygen atoms in total. The Hall–Kier alpha value is -4.23. The molecule has 0 radical (unpaired) electrons. The van der Waals surface area contributed by atoms with Crippen LogP contribution in [0.15, 0.2) is 103 Å². The molecule has 1 aromatic heterocycles. The number of pyridine rings is 1. The number of hydrogen-bond donors (Lipinski definition) is 0. The summed E-state index contributed by atoms with van der Waals surface area (Å²) in [6.07, 6.45) is 4.58. The van der Waals surface area contributed by atoms with Crippen molar-refractivity contribution in [2.75, 3.05) is 4.90 Å². The topological polar surface area (TPSA) is 57.0 Å². The molecule has 0 fully saturated rings. The molecule has 0 saturated carbocycles. The van der Waals surface area contributed by atoms with Gasteiger partial charge in [0.25, 0.3) is 0 Å². The second-order valence-electron chi connectivity index (χ2n) is 8.10. The van der Waals surface area contributed by atoms with Gasteiger partial charge >= 0.3 is 0 Å². The number of nitrogens with zero attached hydrogens (tertiary/aromatic N) is 3. The lowest BCUT2D eigenvalue weighted by Gasteiger charge is -2.29. The molecular formula is C28H21N3O. The molecule has 1 unspecified atom stereocenters. The summed E-state index contributed by atoms with van der Waals surface area (Å²) in [5.74, 6) is 0.0454. The first-order valence-corrected chi connectivity index (χ1v) is 10.6. The van der Waals surface area contributed by atoms with Gasteiger partial charge in [0.1, 0.15) is 0 Å². The first-order valence-electron chi connectivity index (χ1n) is 10.6. The van der Waals surface area contributed by atoms with E-state index in [9.17, 15) is 10.1 Å². The Morgan fingerprint density at radius 1 is 0.812 bits per heavy atom. The van der Waals surface area contributed by atoms with Gasteiger partial charge in [0.2, 0.25) is 5.91 Å². The summed E-state index contributed by atoms with van der Waals surface area (Å²) in [7, 11) is 0. The smallest absolute Gasteiger partial charge is 0.242 e. The Morgan fingerprint density at radius 3 is 2.31 bits per heavy atom. The van der Waals surface area contributed by atoms with E-state index in [1.54, 1.807) is 18.5 Å². The van der Waals surface area contributed by atoms with Crippen LogP contribution in [0.5, 0.6) is 0 Å². The van der Waals surface area contributed by atoms with E-state index in [2.05, 4.69) is 17.1 Å². The number of rotatable bonds is 5. The van der Waals surface area contributed by atoms with E-state index >= 15 is 0 Å². The number of carbonyl (C=O) groups excluding carboxylic acids is 1. The Kier molecular flexibility index (Phi) is 5.01. The largest absolute Gasteiger partial charge is 0.280 e. The van der Waals surface area contributed by atoms with Crippen LogP contribution in [-0.4, -0.2) is 10.9 Å². The van der Waals surface area contributed by atoms with Crippen LogP contribution in [0, 0.1) is 11.3 Å². The molecule has 0 spiro atoms. The van der Waals surface area contributed by atoms with Crippen LogP contribution in [0.3, 0.4) is 0 Å². The van der Waals surface area contributed by atoms with Crippen LogP contribution in [0.4, 0.5) is 11.4 Å². The molecule has 4 aromatic rings. The summed E-state index contributed by atoms with van der Waals surface area (Å²) < 4.78 is 0. The highest BCUT2D eigenvalue weighted by atomic mass is 16.2. The van der Waals surface area contributed by atoms with Crippen molar-refractivity contribution in [3.63, 3.8) is 0 Å². The molecule has 0 aliphatic carbocycles. The third-order valence-corrected chi connectivity index (χ3v) is 6.10. The van der Waals surface area contributed by atoms with Gasteiger partial charge in [0, 0.05) is 18.1 Å². The molecule has 1 aliphatic rings. The fraction of sp³-hybridized carbons (Fsp3) is 0.107. The summed E-state index contributed by atoms with van der Waals surface area (Å²) in [4.78, 5) is 20.3. The van der Waals surface area contributed by atoms with Gasteiger partial charge in [-0.1, -0.05) is 48.5 Å². The SMILES string of the molecule is N#Cc1cccc(CC2(Cc3ccncc3)C(=O)N(c3ccccc3)c3ccccc32)c1. The molecule has 32 heavy (non-hydrogen) atoms.